The number of rotatable bonds is 2. The van der Waals surface area contributed by atoms with Gasteiger partial charge in [-0.05, 0) is 46.3 Å². The van der Waals surface area contributed by atoms with E-state index in [2.05, 4.69) is 33.0 Å². The Morgan fingerprint density at radius 2 is 1.69 bits per heavy atom. The fraction of sp³-hybridized carbons (Fsp3) is 0.0769. The maximum Gasteiger partial charge on any atom is 0.0549 e. The number of halogens is 2. The summed E-state index contributed by atoms with van der Waals surface area (Å²) in [7, 11) is 2.03. The zero-order chi connectivity index (χ0) is 11.5. The lowest BCUT2D eigenvalue weighted by molar-refractivity contribution is 1.21. The van der Waals surface area contributed by atoms with Crippen LogP contribution in [0.3, 0.4) is 0 Å². The fourth-order valence-corrected chi connectivity index (χ4v) is 1.98. The average Bonchev–Trinajstić information content (AvgIpc) is 2.33. The van der Waals surface area contributed by atoms with Crippen molar-refractivity contribution in [1.82, 2.24) is 0 Å². The highest BCUT2D eigenvalue weighted by atomic mass is 79.9. The van der Waals surface area contributed by atoms with Gasteiger partial charge < -0.3 is 4.90 Å². The van der Waals surface area contributed by atoms with Crippen LogP contribution in [0.2, 0.25) is 5.02 Å². The molecule has 0 saturated heterocycles. The Balaban J connectivity index is 2.34. The van der Waals surface area contributed by atoms with E-state index in [0.717, 1.165) is 20.9 Å². The molecule has 0 saturated carbocycles. The average molecular weight is 297 g/mol. The molecule has 16 heavy (non-hydrogen) atoms. The number of hydrogen-bond donors (Lipinski definition) is 0. The van der Waals surface area contributed by atoms with Crippen LogP contribution in [0.4, 0.5) is 11.4 Å². The van der Waals surface area contributed by atoms with Crippen LogP contribution >= 0.6 is 27.5 Å². The summed E-state index contributed by atoms with van der Waals surface area (Å²) < 4.78 is 0.912. The Kier molecular flexibility index (Phi) is 3.52. The van der Waals surface area contributed by atoms with Crippen molar-refractivity contribution in [2.75, 3.05) is 11.9 Å². The predicted octanol–water partition coefficient (Wildman–Crippen LogP) is 4.87. The second kappa shape index (κ2) is 4.89. The molecule has 82 valence electrons. The minimum Gasteiger partial charge on any atom is -0.345 e. The summed E-state index contributed by atoms with van der Waals surface area (Å²) in [5, 5.41) is 0.727. The third-order valence-electron chi connectivity index (χ3n) is 2.43. The first kappa shape index (κ1) is 11.5. The van der Waals surface area contributed by atoms with E-state index in [1.807, 2.05) is 43.4 Å². The minimum atomic E-state index is 0.727. The van der Waals surface area contributed by atoms with Gasteiger partial charge in [0.05, 0.1) is 5.02 Å². The van der Waals surface area contributed by atoms with E-state index >= 15 is 0 Å². The highest BCUT2D eigenvalue weighted by molar-refractivity contribution is 9.10. The van der Waals surface area contributed by atoms with E-state index in [0.29, 0.717) is 0 Å². The van der Waals surface area contributed by atoms with E-state index in [9.17, 15) is 0 Å². The van der Waals surface area contributed by atoms with Crippen LogP contribution in [0.15, 0.2) is 53.0 Å². The van der Waals surface area contributed by atoms with Gasteiger partial charge in [-0.15, -0.1) is 0 Å². The minimum absolute atomic E-state index is 0.727. The van der Waals surface area contributed by atoms with Crippen molar-refractivity contribution in [2.24, 2.45) is 0 Å². The van der Waals surface area contributed by atoms with Crippen LogP contribution in [0.1, 0.15) is 0 Å². The molecule has 0 atom stereocenters. The molecule has 0 heterocycles. The van der Waals surface area contributed by atoms with E-state index in [1.54, 1.807) is 0 Å². The molecule has 2 aromatic rings. The lowest BCUT2D eigenvalue weighted by atomic mass is 10.2. The molecule has 0 N–H and O–H groups in total. The third-order valence-corrected chi connectivity index (χ3v) is 3.65. The normalized spacial score (nSPS) is 10.2. The highest BCUT2D eigenvalue weighted by Crippen LogP contribution is 2.30. The lowest BCUT2D eigenvalue weighted by Crippen LogP contribution is -2.08. The molecule has 0 aromatic heterocycles. The summed E-state index contributed by atoms with van der Waals surface area (Å²) in [6, 6.07) is 16.1. The molecule has 2 aromatic carbocycles. The number of nitrogens with zero attached hydrogens (tertiary/aromatic N) is 1. The van der Waals surface area contributed by atoms with Gasteiger partial charge in [0.15, 0.2) is 0 Å². The molecule has 0 radical (unpaired) electrons. The van der Waals surface area contributed by atoms with Crippen LogP contribution in [-0.4, -0.2) is 7.05 Å². The molecule has 0 fully saturated rings. The van der Waals surface area contributed by atoms with Crippen molar-refractivity contribution in [3.05, 3.63) is 58.0 Å². The largest absolute Gasteiger partial charge is 0.345 e. The van der Waals surface area contributed by atoms with Crippen molar-refractivity contribution >= 4 is 38.9 Å². The highest BCUT2D eigenvalue weighted by Gasteiger charge is 2.05. The standard InChI is InChI=1S/C13H11BrClN/c1-16(10-5-3-2-4-6-10)11-7-8-13(15)12(14)9-11/h2-9H,1H3. The Labute approximate surface area is 109 Å². The number of para-hydroxylation sites is 1. The van der Waals surface area contributed by atoms with Gasteiger partial charge in [-0.25, -0.2) is 0 Å². The van der Waals surface area contributed by atoms with Gasteiger partial charge >= 0.3 is 0 Å². The first-order chi connectivity index (χ1) is 7.68. The maximum atomic E-state index is 5.97. The summed E-state index contributed by atoms with van der Waals surface area (Å²) in [4.78, 5) is 2.11. The molecule has 0 amide bonds. The molecule has 0 aliphatic rings. The smallest absolute Gasteiger partial charge is 0.0549 e. The molecule has 0 unspecified atom stereocenters. The molecular formula is C13H11BrClN. The van der Waals surface area contributed by atoms with Gasteiger partial charge in [-0.3, -0.25) is 0 Å². The molecule has 0 spiro atoms. The van der Waals surface area contributed by atoms with Crippen LogP contribution < -0.4 is 4.90 Å². The summed E-state index contributed by atoms with van der Waals surface area (Å²) in [5.74, 6) is 0. The topological polar surface area (TPSA) is 3.24 Å². The van der Waals surface area contributed by atoms with Crippen molar-refractivity contribution in [2.45, 2.75) is 0 Å². The lowest BCUT2D eigenvalue weighted by Gasteiger charge is -2.19. The molecule has 3 heteroatoms. The molecule has 0 bridgehead atoms. The number of hydrogen-bond acceptors (Lipinski definition) is 1. The van der Waals surface area contributed by atoms with Gasteiger partial charge in [0.25, 0.3) is 0 Å². The van der Waals surface area contributed by atoms with Gasteiger partial charge in [0.2, 0.25) is 0 Å². The first-order valence-corrected chi connectivity index (χ1v) is 6.09. The van der Waals surface area contributed by atoms with Crippen LogP contribution in [0, 0.1) is 0 Å². The van der Waals surface area contributed by atoms with Crippen molar-refractivity contribution in [1.29, 1.82) is 0 Å². The summed E-state index contributed by atoms with van der Waals surface area (Å²) in [6.45, 7) is 0. The maximum absolute atomic E-state index is 5.97. The Morgan fingerprint density at radius 1 is 1.00 bits per heavy atom. The predicted molar refractivity (Wildman–Crippen MR) is 73.7 cm³/mol. The van der Waals surface area contributed by atoms with Crippen LogP contribution in [0.25, 0.3) is 0 Å². The molecular weight excluding hydrogens is 286 g/mol. The van der Waals surface area contributed by atoms with E-state index in [1.165, 1.54) is 0 Å². The van der Waals surface area contributed by atoms with Gasteiger partial charge in [-0.2, -0.15) is 0 Å². The summed E-state index contributed by atoms with van der Waals surface area (Å²) in [6.07, 6.45) is 0. The van der Waals surface area contributed by atoms with Crippen molar-refractivity contribution in [3.8, 4) is 0 Å². The zero-order valence-corrected chi connectivity index (χ0v) is 11.2. The van der Waals surface area contributed by atoms with Crippen molar-refractivity contribution < 1.29 is 0 Å². The van der Waals surface area contributed by atoms with E-state index < -0.39 is 0 Å². The molecule has 0 aliphatic heterocycles. The molecule has 1 nitrogen and oxygen atoms in total. The second-order valence-corrected chi connectivity index (χ2v) is 4.75. The Hall–Kier alpha value is -0.990. The fourth-order valence-electron chi connectivity index (χ4n) is 1.49. The van der Waals surface area contributed by atoms with E-state index in [-0.39, 0.29) is 0 Å². The van der Waals surface area contributed by atoms with Gasteiger partial charge in [0.1, 0.15) is 0 Å². The summed E-state index contributed by atoms with van der Waals surface area (Å²) >= 11 is 9.39. The quantitative estimate of drug-likeness (QED) is 0.764. The van der Waals surface area contributed by atoms with Crippen LogP contribution in [0.5, 0.6) is 0 Å². The third kappa shape index (κ3) is 2.39. The van der Waals surface area contributed by atoms with E-state index in [4.69, 9.17) is 11.6 Å². The Morgan fingerprint density at radius 3 is 2.31 bits per heavy atom. The molecule has 2 rings (SSSR count). The van der Waals surface area contributed by atoms with Gasteiger partial charge in [0, 0.05) is 22.9 Å². The SMILES string of the molecule is CN(c1ccccc1)c1ccc(Cl)c(Br)c1. The van der Waals surface area contributed by atoms with Gasteiger partial charge in [-0.1, -0.05) is 29.8 Å². The second-order valence-electron chi connectivity index (χ2n) is 3.49. The monoisotopic (exact) mass is 295 g/mol. The first-order valence-electron chi connectivity index (χ1n) is 4.92. The number of anilines is 2. The number of benzene rings is 2. The van der Waals surface area contributed by atoms with Crippen LogP contribution in [-0.2, 0) is 0 Å². The zero-order valence-electron chi connectivity index (χ0n) is 8.82. The Bertz CT molecular complexity index is 485. The molecule has 0 aliphatic carbocycles. The summed E-state index contributed by atoms with van der Waals surface area (Å²) in [5.41, 5.74) is 2.25. The van der Waals surface area contributed by atoms with Crippen molar-refractivity contribution in [3.63, 3.8) is 0 Å².